The number of carbonyl (C=O) groups is 2. The first-order valence-corrected chi connectivity index (χ1v) is 8.48. The van der Waals surface area contributed by atoms with Crippen LogP contribution in [0.4, 0.5) is 0 Å². The van der Waals surface area contributed by atoms with Gasteiger partial charge in [0.25, 0.3) is 0 Å². The van der Waals surface area contributed by atoms with Crippen molar-refractivity contribution in [2.75, 3.05) is 32.8 Å². The van der Waals surface area contributed by atoms with Crippen LogP contribution in [0.3, 0.4) is 0 Å². The monoisotopic (exact) mass is 390 g/mol. The molecular formula is C16H20Cl2N2O5. The summed E-state index contributed by atoms with van der Waals surface area (Å²) in [5, 5.41) is 22.1. The molecule has 0 spiro atoms. The van der Waals surface area contributed by atoms with E-state index in [1.165, 1.54) is 0 Å². The molecular weight excluding hydrogens is 371 g/mol. The number of carbonyl (C=O) groups excluding carboxylic acids is 1. The summed E-state index contributed by atoms with van der Waals surface area (Å²) in [6, 6.07) is 4.11. The van der Waals surface area contributed by atoms with E-state index >= 15 is 0 Å². The van der Waals surface area contributed by atoms with E-state index in [1.807, 2.05) is 4.90 Å². The fourth-order valence-corrected chi connectivity index (χ4v) is 3.01. The zero-order chi connectivity index (χ0) is 18.6. The average Bonchev–Trinajstić information content (AvgIpc) is 2.56. The molecule has 0 bridgehead atoms. The van der Waals surface area contributed by atoms with Crippen molar-refractivity contribution in [1.82, 2.24) is 10.2 Å². The maximum Gasteiger partial charge on any atom is 0.337 e. The molecule has 25 heavy (non-hydrogen) atoms. The predicted molar refractivity (Wildman–Crippen MR) is 92.9 cm³/mol. The van der Waals surface area contributed by atoms with Crippen molar-refractivity contribution < 1.29 is 24.5 Å². The molecule has 0 aromatic heterocycles. The Morgan fingerprint density at radius 2 is 2.00 bits per heavy atom. The van der Waals surface area contributed by atoms with Crippen LogP contribution in [0.1, 0.15) is 18.5 Å². The number of hydrogen-bond acceptors (Lipinski definition) is 5. The fourth-order valence-electron chi connectivity index (χ4n) is 2.49. The van der Waals surface area contributed by atoms with E-state index in [2.05, 4.69) is 5.32 Å². The van der Waals surface area contributed by atoms with Crippen molar-refractivity contribution in [3.63, 3.8) is 0 Å². The maximum absolute atomic E-state index is 12.8. The largest absolute Gasteiger partial charge is 0.479 e. The van der Waals surface area contributed by atoms with Crippen LogP contribution in [-0.4, -0.2) is 65.4 Å². The summed E-state index contributed by atoms with van der Waals surface area (Å²) in [7, 11) is 0. The van der Waals surface area contributed by atoms with Crippen molar-refractivity contribution in [3.05, 3.63) is 33.8 Å². The molecule has 138 valence electrons. The van der Waals surface area contributed by atoms with Crippen molar-refractivity contribution in [2.24, 2.45) is 0 Å². The van der Waals surface area contributed by atoms with E-state index in [4.69, 9.17) is 33.0 Å². The van der Waals surface area contributed by atoms with E-state index in [-0.39, 0.29) is 0 Å². The van der Waals surface area contributed by atoms with E-state index < -0.39 is 30.1 Å². The third-order valence-corrected chi connectivity index (χ3v) is 4.55. The summed E-state index contributed by atoms with van der Waals surface area (Å²) in [6.45, 7) is 2.68. The quantitative estimate of drug-likeness (QED) is 0.677. The average molecular weight is 391 g/mol. The van der Waals surface area contributed by atoms with Crippen LogP contribution in [0, 0.1) is 0 Å². The Labute approximate surface area is 155 Å². The zero-order valence-corrected chi connectivity index (χ0v) is 15.2. The summed E-state index contributed by atoms with van der Waals surface area (Å²) < 4.78 is 5.32. The SMILES string of the molecule is CC(O)(CNC(=O)C(c1ccc(Cl)cc1Cl)N1CCOCC1)C(=O)O. The minimum absolute atomic E-state index is 0.337. The third-order valence-electron chi connectivity index (χ3n) is 3.98. The van der Waals surface area contributed by atoms with Crippen molar-refractivity contribution >= 4 is 35.1 Å². The number of aliphatic carboxylic acids is 1. The smallest absolute Gasteiger partial charge is 0.337 e. The highest BCUT2D eigenvalue weighted by Gasteiger charge is 2.34. The van der Waals surface area contributed by atoms with Crippen LogP contribution >= 0.6 is 23.2 Å². The minimum Gasteiger partial charge on any atom is -0.479 e. The van der Waals surface area contributed by atoms with Gasteiger partial charge in [-0.1, -0.05) is 29.3 Å². The first kappa shape index (κ1) is 19.9. The third kappa shape index (κ3) is 5.05. The Kier molecular flexibility index (Phi) is 6.65. The number of carboxylic acids is 1. The molecule has 0 radical (unpaired) electrons. The second kappa shape index (κ2) is 8.33. The normalized spacial score (nSPS) is 19.0. The first-order valence-electron chi connectivity index (χ1n) is 7.72. The van der Waals surface area contributed by atoms with Gasteiger partial charge < -0.3 is 20.3 Å². The molecule has 3 N–H and O–H groups in total. The van der Waals surface area contributed by atoms with Gasteiger partial charge in [0.15, 0.2) is 5.60 Å². The Morgan fingerprint density at radius 3 is 2.56 bits per heavy atom. The fraction of sp³-hybridized carbons (Fsp3) is 0.500. The van der Waals surface area contributed by atoms with E-state index in [9.17, 15) is 14.7 Å². The summed E-state index contributed by atoms with van der Waals surface area (Å²) in [4.78, 5) is 25.7. The summed E-state index contributed by atoms with van der Waals surface area (Å²) >= 11 is 12.2. The van der Waals surface area contributed by atoms with Gasteiger partial charge in [-0.3, -0.25) is 9.69 Å². The molecule has 1 heterocycles. The second-order valence-corrected chi connectivity index (χ2v) is 6.86. The number of halogens is 2. The molecule has 1 aromatic rings. The molecule has 1 aromatic carbocycles. The highest BCUT2D eigenvalue weighted by atomic mass is 35.5. The Bertz CT molecular complexity index is 647. The molecule has 1 aliphatic heterocycles. The van der Waals surface area contributed by atoms with Crippen molar-refractivity contribution in [3.8, 4) is 0 Å². The van der Waals surface area contributed by atoms with Gasteiger partial charge in [-0.25, -0.2) is 4.79 Å². The summed E-state index contributed by atoms with van der Waals surface area (Å²) in [6.07, 6.45) is 0. The second-order valence-electron chi connectivity index (χ2n) is 6.01. The van der Waals surface area contributed by atoms with Gasteiger partial charge in [0.05, 0.1) is 19.8 Å². The van der Waals surface area contributed by atoms with Gasteiger partial charge in [-0.05, 0) is 24.6 Å². The number of ether oxygens (including phenoxy) is 1. The van der Waals surface area contributed by atoms with Gasteiger partial charge >= 0.3 is 5.97 Å². The summed E-state index contributed by atoms with van der Waals surface area (Å²) in [5.41, 5.74) is -1.50. The molecule has 0 saturated carbocycles. The Morgan fingerprint density at radius 1 is 1.36 bits per heavy atom. The van der Waals surface area contributed by atoms with Gasteiger partial charge in [0.1, 0.15) is 6.04 Å². The van der Waals surface area contributed by atoms with Crippen LogP contribution in [0.15, 0.2) is 18.2 Å². The number of nitrogens with zero attached hydrogens (tertiary/aromatic N) is 1. The highest BCUT2D eigenvalue weighted by Crippen LogP contribution is 2.30. The Balaban J connectivity index is 2.24. The van der Waals surface area contributed by atoms with Crippen molar-refractivity contribution in [2.45, 2.75) is 18.6 Å². The van der Waals surface area contributed by atoms with Crippen molar-refractivity contribution in [1.29, 1.82) is 0 Å². The summed E-state index contributed by atoms with van der Waals surface area (Å²) in [5.74, 6) is -1.87. The number of benzene rings is 1. The molecule has 2 atom stereocenters. The number of morpholine rings is 1. The van der Waals surface area contributed by atoms with E-state index in [1.54, 1.807) is 18.2 Å². The van der Waals surface area contributed by atoms with E-state index in [0.717, 1.165) is 6.92 Å². The molecule has 1 fully saturated rings. The van der Waals surface area contributed by atoms with Crippen LogP contribution in [-0.2, 0) is 14.3 Å². The van der Waals surface area contributed by atoms with Gasteiger partial charge in [-0.15, -0.1) is 0 Å². The zero-order valence-electron chi connectivity index (χ0n) is 13.7. The minimum atomic E-state index is -2.06. The van der Waals surface area contributed by atoms with Crippen LogP contribution in [0.2, 0.25) is 10.0 Å². The molecule has 9 heteroatoms. The lowest BCUT2D eigenvalue weighted by molar-refractivity contribution is -0.156. The number of amides is 1. The molecule has 2 unspecified atom stereocenters. The topological polar surface area (TPSA) is 99.1 Å². The van der Waals surface area contributed by atoms with E-state index in [0.29, 0.717) is 41.9 Å². The maximum atomic E-state index is 12.8. The lowest BCUT2D eigenvalue weighted by Crippen LogP contribution is -2.51. The molecule has 1 saturated heterocycles. The standard InChI is InChI=1S/C16H20Cl2N2O5/c1-16(24,15(22)23)9-19-14(21)13(20-4-6-25-7-5-20)11-3-2-10(17)8-12(11)18/h2-3,8,13,24H,4-7,9H2,1H3,(H,19,21)(H,22,23). The number of nitrogens with one attached hydrogen (secondary N) is 1. The molecule has 0 aliphatic carbocycles. The molecule has 7 nitrogen and oxygen atoms in total. The number of rotatable bonds is 6. The predicted octanol–water partition coefficient (Wildman–Crippen LogP) is 1.32. The number of carboxylic acid groups (broad SMARTS) is 1. The Hall–Kier alpha value is -1.38. The van der Waals surface area contributed by atoms with Crippen LogP contribution in [0.25, 0.3) is 0 Å². The van der Waals surface area contributed by atoms with Crippen LogP contribution in [0.5, 0.6) is 0 Å². The van der Waals surface area contributed by atoms with Gasteiger partial charge in [-0.2, -0.15) is 0 Å². The molecule has 1 amide bonds. The van der Waals surface area contributed by atoms with Gasteiger partial charge in [0, 0.05) is 23.1 Å². The number of hydrogen-bond donors (Lipinski definition) is 3. The lowest BCUT2D eigenvalue weighted by Gasteiger charge is -2.34. The van der Waals surface area contributed by atoms with Crippen LogP contribution < -0.4 is 5.32 Å². The first-order chi connectivity index (χ1) is 11.7. The van der Waals surface area contributed by atoms with Gasteiger partial charge in [0.2, 0.25) is 5.91 Å². The highest BCUT2D eigenvalue weighted by molar-refractivity contribution is 6.35. The molecule has 1 aliphatic rings. The lowest BCUT2D eigenvalue weighted by atomic mass is 10.0. The number of aliphatic hydroxyl groups is 1. The molecule has 2 rings (SSSR count).